The lowest BCUT2D eigenvalue weighted by Gasteiger charge is -2.32. The molecule has 0 radical (unpaired) electrons. The van der Waals surface area contributed by atoms with Crippen LogP contribution in [0.1, 0.15) is 39.0 Å². The van der Waals surface area contributed by atoms with Crippen molar-refractivity contribution in [3.05, 3.63) is 0 Å². The number of amides is 1. The van der Waals surface area contributed by atoms with Crippen LogP contribution in [0.2, 0.25) is 0 Å². The molecule has 4 N–H and O–H groups in total. The number of rotatable bonds is 5. The molecular weight excluding hydrogens is 180 g/mol. The fraction of sp³-hybridized carbons (Fsp3) is 0.900. The summed E-state index contributed by atoms with van der Waals surface area (Å²) in [6.07, 6.45) is 3.91. The molecule has 82 valence electrons. The van der Waals surface area contributed by atoms with Crippen LogP contribution in [0.5, 0.6) is 0 Å². The maximum atomic E-state index is 11.4. The molecule has 1 saturated carbocycles. The number of aliphatic hydroxyl groups is 1. The summed E-state index contributed by atoms with van der Waals surface area (Å²) in [4.78, 5) is 11.4. The molecule has 1 aliphatic rings. The standard InChI is InChI=1S/C10H20N2O2/c1-2-3-4-9(11)10(14)12-7-5-8(13)6-7/h7-9,13H,2-6,11H2,1H3,(H,12,14)/t7?,8?,9-/m0/s1. The second kappa shape index (κ2) is 5.32. The van der Waals surface area contributed by atoms with Gasteiger partial charge in [-0.25, -0.2) is 0 Å². The van der Waals surface area contributed by atoms with Crippen LogP contribution in [0.25, 0.3) is 0 Å². The molecule has 1 atom stereocenters. The Bertz CT molecular complexity index is 191. The summed E-state index contributed by atoms with van der Waals surface area (Å²) in [5.74, 6) is -0.0737. The highest BCUT2D eigenvalue weighted by molar-refractivity contribution is 5.81. The molecular formula is C10H20N2O2. The van der Waals surface area contributed by atoms with Crippen LogP contribution in [0.4, 0.5) is 0 Å². The van der Waals surface area contributed by atoms with Crippen LogP contribution in [0.15, 0.2) is 0 Å². The first-order chi connectivity index (χ1) is 6.63. The summed E-state index contributed by atoms with van der Waals surface area (Å²) >= 11 is 0. The van der Waals surface area contributed by atoms with E-state index in [1.54, 1.807) is 0 Å². The van der Waals surface area contributed by atoms with Crippen molar-refractivity contribution in [1.29, 1.82) is 0 Å². The van der Waals surface area contributed by atoms with E-state index in [2.05, 4.69) is 12.2 Å². The van der Waals surface area contributed by atoms with Crippen molar-refractivity contribution in [2.75, 3.05) is 0 Å². The van der Waals surface area contributed by atoms with Crippen molar-refractivity contribution in [2.24, 2.45) is 5.73 Å². The minimum Gasteiger partial charge on any atom is -0.393 e. The van der Waals surface area contributed by atoms with E-state index in [4.69, 9.17) is 10.8 Å². The highest BCUT2D eigenvalue weighted by atomic mass is 16.3. The summed E-state index contributed by atoms with van der Waals surface area (Å²) < 4.78 is 0. The minimum atomic E-state index is -0.382. The van der Waals surface area contributed by atoms with Gasteiger partial charge in [0.25, 0.3) is 0 Å². The van der Waals surface area contributed by atoms with Gasteiger partial charge in [0.15, 0.2) is 0 Å². The molecule has 0 aromatic carbocycles. The van der Waals surface area contributed by atoms with Gasteiger partial charge < -0.3 is 16.2 Å². The maximum absolute atomic E-state index is 11.4. The van der Waals surface area contributed by atoms with Crippen LogP contribution < -0.4 is 11.1 Å². The molecule has 1 amide bonds. The molecule has 4 nitrogen and oxygen atoms in total. The zero-order valence-corrected chi connectivity index (χ0v) is 8.70. The highest BCUT2D eigenvalue weighted by Crippen LogP contribution is 2.19. The number of carbonyl (C=O) groups is 1. The number of aliphatic hydroxyl groups excluding tert-OH is 1. The lowest BCUT2D eigenvalue weighted by Crippen LogP contribution is -2.51. The van der Waals surface area contributed by atoms with Crippen molar-refractivity contribution in [1.82, 2.24) is 5.32 Å². The third-order valence-electron chi connectivity index (χ3n) is 2.67. The quantitative estimate of drug-likeness (QED) is 0.591. The molecule has 14 heavy (non-hydrogen) atoms. The molecule has 0 aromatic heterocycles. The number of unbranched alkanes of at least 4 members (excludes halogenated alkanes) is 1. The summed E-state index contributed by atoms with van der Waals surface area (Å²) in [6, 6.07) is -0.238. The van der Waals surface area contributed by atoms with E-state index < -0.39 is 0 Å². The second-order valence-electron chi connectivity index (χ2n) is 4.08. The van der Waals surface area contributed by atoms with Gasteiger partial charge in [0.2, 0.25) is 5.91 Å². The number of nitrogens with two attached hydrogens (primary N) is 1. The van der Waals surface area contributed by atoms with Gasteiger partial charge in [-0.05, 0) is 19.3 Å². The lowest BCUT2D eigenvalue weighted by atomic mass is 9.89. The number of hydrogen-bond acceptors (Lipinski definition) is 3. The van der Waals surface area contributed by atoms with E-state index in [-0.39, 0.29) is 24.1 Å². The maximum Gasteiger partial charge on any atom is 0.237 e. The fourth-order valence-electron chi connectivity index (χ4n) is 1.57. The zero-order valence-electron chi connectivity index (χ0n) is 8.70. The van der Waals surface area contributed by atoms with Gasteiger partial charge in [-0.15, -0.1) is 0 Å². The van der Waals surface area contributed by atoms with Gasteiger partial charge in [0.05, 0.1) is 12.1 Å². The summed E-state index contributed by atoms with van der Waals surface area (Å²) in [6.45, 7) is 2.08. The Morgan fingerprint density at radius 1 is 1.64 bits per heavy atom. The molecule has 0 saturated heterocycles. The highest BCUT2D eigenvalue weighted by Gasteiger charge is 2.29. The van der Waals surface area contributed by atoms with Crippen LogP contribution in [0, 0.1) is 0 Å². The summed E-state index contributed by atoms with van der Waals surface area (Å²) in [7, 11) is 0. The minimum absolute atomic E-state index is 0.0737. The van der Waals surface area contributed by atoms with E-state index in [0.29, 0.717) is 12.8 Å². The van der Waals surface area contributed by atoms with Gasteiger partial charge in [-0.2, -0.15) is 0 Å². The van der Waals surface area contributed by atoms with E-state index in [9.17, 15) is 4.79 Å². The van der Waals surface area contributed by atoms with Crippen LogP contribution >= 0.6 is 0 Å². The number of nitrogens with one attached hydrogen (secondary N) is 1. The molecule has 0 aromatic rings. The average Bonchev–Trinajstić information content (AvgIpc) is 2.11. The second-order valence-corrected chi connectivity index (χ2v) is 4.08. The molecule has 0 spiro atoms. The predicted molar refractivity (Wildman–Crippen MR) is 54.7 cm³/mol. The van der Waals surface area contributed by atoms with Crippen LogP contribution in [-0.4, -0.2) is 29.2 Å². The predicted octanol–water partition coefficient (Wildman–Crippen LogP) is 0.143. The molecule has 0 heterocycles. The average molecular weight is 200 g/mol. The SMILES string of the molecule is CCCC[C@H](N)C(=O)NC1CC(O)C1. The molecule has 1 fully saturated rings. The summed E-state index contributed by atoms with van der Waals surface area (Å²) in [5.41, 5.74) is 5.69. The molecule has 4 heteroatoms. The van der Waals surface area contributed by atoms with Gasteiger partial charge in [0.1, 0.15) is 0 Å². The molecule has 0 bridgehead atoms. The Morgan fingerprint density at radius 2 is 2.29 bits per heavy atom. The molecule has 1 rings (SSSR count). The molecule has 0 aliphatic heterocycles. The third kappa shape index (κ3) is 3.27. The van der Waals surface area contributed by atoms with Crippen molar-refractivity contribution >= 4 is 5.91 Å². The largest absolute Gasteiger partial charge is 0.393 e. The fourth-order valence-corrected chi connectivity index (χ4v) is 1.57. The Morgan fingerprint density at radius 3 is 2.79 bits per heavy atom. The topological polar surface area (TPSA) is 75.4 Å². The van der Waals surface area contributed by atoms with E-state index in [1.807, 2.05) is 0 Å². The smallest absolute Gasteiger partial charge is 0.237 e. The Balaban J connectivity index is 2.14. The Kier molecular flexibility index (Phi) is 4.35. The van der Waals surface area contributed by atoms with Crippen molar-refractivity contribution < 1.29 is 9.90 Å². The Labute approximate surface area is 84.9 Å². The van der Waals surface area contributed by atoms with Gasteiger partial charge in [0, 0.05) is 6.04 Å². The Hall–Kier alpha value is -0.610. The van der Waals surface area contributed by atoms with Crippen molar-refractivity contribution in [3.8, 4) is 0 Å². The van der Waals surface area contributed by atoms with Crippen molar-refractivity contribution in [3.63, 3.8) is 0 Å². The first-order valence-corrected chi connectivity index (χ1v) is 5.37. The monoisotopic (exact) mass is 200 g/mol. The van der Waals surface area contributed by atoms with Crippen LogP contribution in [0.3, 0.4) is 0 Å². The molecule has 1 aliphatic carbocycles. The van der Waals surface area contributed by atoms with Crippen molar-refractivity contribution in [2.45, 2.75) is 57.2 Å². The van der Waals surface area contributed by atoms with E-state index in [0.717, 1.165) is 19.3 Å². The normalized spacial score (nSPS) is 27.9. The van der Waals surface area contributed by atoms with E-state index >= 15 is 0 Å². The number of hydrogen-bond donors (Lipinski definition) is 3. The number of carbonyl (C=O) groups excluding carboxylic acids is 1. The summed E-state index contributed by atoms with van der Waals surface area (Å²) in [5, 5.41) is 11.9. The van der Waals surface area contributed by atoms with Gasteiger partial charge in [-0.3, -0.25) is 4.79 Å². The third-order valence-corrected chi connectivity index (χ3v) is 2.67. The molecule has 0 unspecified atom stereocenters. The van der Waals surface area contributed by atoms with Gasteiger partial charge >= 0.3 is 0 Å². The zero-order chi connectivity index (χ0) is 10.6. The van der Waals surface area contributed by atoms with Gasteiger partial charge in [-0.1, -0.05) is 19.8 Å². The first-order valence-electron chi connectivity index (χ1n) is 5.37. The lowest BCUT2D eigenvalue weighted by molar-refractivity contribution is -0.124. The van der Waals surface area contributed by atoms with E-state index in [1.165, 1.54) is 0 Å². The van der Waals surface area contributed by atoms with Crippen LogP contribution in [-0.2, 0) is 4.79 Å². The first kappa shape index (κ1) is 11.5.